The largest absolute Gasteiger partial charge is 0.321 e. The average molecular weight is 530 g/mol. The Morgan fingerprint density at radius 2 is 1.78 bits per heavy atom. The van der Waals surface area contributed by atoms with Gasteiger partial charge in [-0.05, 0) is 73.2 Å². The molecule has 4 rings (SSSR count). The number of amides is 2. The Hall–Kier alpha value is -3.53. The van der Waals surface area contributed by atoms with Gasteiger partial charge in [-0.25, -0.2) is 0 Å². The summed E-state index contributed by atoms with van der Waals surface area (Å²) in [6, 6.07) is 24.5. The predicted octanol–water partition coefficient (Wildman–Crippen LogP) is 7.06. The molecule has 0 radical (unpaired) electrons. The quantitative estimate of drug-likeness (QED) is 0.250. The van der Waals surface area contributed by atoms with Crippen molar-refractivity contribution in [1.29, 1.82) is 5.26 Å². The van der Waals surface area contributed by atoms with E-state index in [1.54, 1.807) is 12.1 Å². The maximum absolute atomic E-state index is 13.6. The number of thioether (sulfide) groups is 1. The second-order valence-corrected chi connectivity index (χ2v) is 10.5. The Balaban J connectivity index is 1.64. The predicted molar refractivity (Wildman–Crippen MR) is 152 cm³/mol. The van der Waals surface area contributed by atoms with Gasteiger partial charge in [0.25, 0.3) is 5.91 Å². The number of nitrogens with zero attached hydrogens (tertiary/aromatic N) is 2. The van der Waals surface area contributed by atoms with Crippen molar-refractivity contribution in [2.75, 3.05) is 10.2 Å². The number of halogens is 1. The van der Waals surface area contributed by atoms with Crippen molar-refractivity contribution in [3.05, 3.63) is 105 Å². The lowest BCUT2D eigenvalue weighted by atomic mass is 10.1. The second kappa shape index (κ2) is 12.1. The van der Waals surface area contributed by atoms with Crippen LogP contribution in [0.2, 0.25) is 5.02 Å². The van der Waals surface area contributed by atoms with Gasteiger partial charge in [0.2, 0.25) is 5.91 Å². The smallest absolute Gasteiger partial charge is 0.269 e. The molecule has 1 saturated heterocycles. The molecule has 7 heteroatoms. The summed E-state index contributed by atoms with van der Waals surface area (Å²) in [7, 11) is 0. The van der Waals surface area contributed by atoms with Gasteiger partial charge in [0.1, 0.15) is 16.7 Å². The SMILES string of the molecule is CCCCc1ccc(NC(=O)C(C#N)=C2SC(Cc3ccc(C)c(Cl)c3)C(=O)N2c2ccccc2)cc1. The molecule has 1 heterocycles. The van der Waals surface area contributed by atoms with Crippen LogP contribution in [0.25, 0.3) is 0 Å². The van der Waals surface area contributed by atoms with E-state index in [9.17, 15) is 14.9 Å². The fraction of sp³-hybridized carbons (Fsp3) is 0.233. The normalized spacial score (nSPS) is 16.4. The molecule has 0 saturated carbocycles. The first-order valence-corrected chi connectivity index (χ1v) is 13.5. The van der Waals surface area contributed by atoms with Crippen LogP contribution < -0.4 is 10.2 Å². The summed E-state index contributed by atoms with van der Waals surface area (Å²) >= 11 is 7.55. The van der Waals surface area contributed by atoms with Gasteiger partial charge in [-0.2, -0.15) is 5.26 Å². The molecule has 0 spiro atoms. The number of carbonyl (C=O) groups is 2. The van der Waals surface area contributed by atoms with Gasteiger partial charge in [0.15, 0.2) is 0 Å². The van der Waals surface area contributed by atoms with Crippen molar-refractivity contribution in [2.45, 2.75) is 44.8 Å². The third-order valence-corrected chi connectivity index (χ3v) is 7.88. The fourth-order valence-corrected chi connectivity index (χ4v) is 5.62. The summed E-state index contributed by atoms with van der Waals surface area (Å²) in [6.45, 7) is 4.08. The third kappa shape index (κ3) is 6.25. The summed E-state index contributed by atoms with van der Waals surface area (Å²) < 4.78 is 0. The number of nitriles is 1. The molecule has 0 aliphatic carbocycles. The van der Waals surface area contributed by atoms with Crippen LogP contribution in [0, 0.1) is 18.3 Å². The van der Waals surface area contributed by atoms with E-state index in [1.807, 2.05) is 67.6 Å². The van der Waals surface area contributed by atoms with Crippen LogP contribution in [0.15, 0.2) is 83.4 Å². The van der Waals surface area contributed by atoms with Gasteiger partial charge in [0.05, 0.1) is 5.25 Å². The maximum atomic E-state index is 13.6. The molecule has 1 N–H and O–H groups in total. The number of benzene rings is 3. The number of para-hydroxylation sites is 1. The summed E-state index contributed by atoms with van der Waals surface area (Å²) in [6.07, 6.45) is 3.63. The summed E-state index contributed by atoms with van der Waals surface area (Å²) in [5.74, 6) is -0.720. The summed E-state index contributed by atoms with van der Waals surface area (Å²) in [5, 5.41) is 13.3. The first-order chi connectivity index (χ1) is 17.9. The van der Waals surface area contributed by atoms with Crippen molar-refractivity contribution >= 4 is 46.6 Å². The maximum Gasteiger partial charge on any atom is 0.269 e. The topological polar surface area (TPSA) is 73.2 Å². The molecule has 5 nitrogen and oxygen atoms in total. The van der Waals surface area contributed by atoms with E-state index in [-0.39, 0.29) is 11.5 Å². The highest BCUT2D eigenvalue weighted by molar-refractivity contribution is 8.05. The van der Waals surface area contributed by atoms with Crippen LogP contribution in [0.5, 0.6) is 0 Å². The van der Waals surface area contributed by atoms with Crippen LogP contribution in [-0.2, 0) is 22.4 Å². The molecule has 3 aromatic rings. The third-order valence-electron chi connectivity index (χ3n) is 6.21. The number of anilines is 2. The Labute approximate surface area is 227 Å². The van der Waals surface area contributed by atoms with Crippen LogP contribution in [0.4, 0.5) is 11.4 Å². The summed E-state index contributed by atoms with van der Waals surface area (Å²) in [5.41, 5.74) is 4.20. The minimum atomic E-state index is -0.543. The van der Waals surface area contributed by atoms with Crippen molar-refractivity contribution in [3.63, 3.8) is 0 Å². The zero-order valence-corrected chi connectivity index (χ0v) is 22.4. The highest BCUT2D eigenvalue weighted by Crippen LogP contribution is 2.42. The molecule has 1 unspecified atom stereocenters. The van der Waals surface area contributed by atoms with Gasteiger partial charge < -0.3 is 5.32 Å². The minimum Gasteiger partial charge on any atom is -0.321 e. The van der Waals surface area contributed by atoms with Gasteiger partial charge in [-0.15, -0.1) is 0 Å². The molecule has 0 bridgehead atoms. The molecule has 1 aliphatic rings. The molecule has 1 aliphatic heterocycles. The van der Waals surface area contributed by atoms with E-state index < -0.39 is 11.2 Å². The molecule has 188 valence electrons. The van der Waals surface area contributed by atoms with Crippen molar-refractivity contribution in [3.8, 4) is 6.07 Å². The number of rotatable bonds is 8. The lowest BCUT2D eigenvalue weighted by Gasteiger charge is -2.18. The Morgan fingerprint density at radius 3 is 2.43 bits per heavy atom. The Kier molecular flexibility index (Phi) is 8.70. The second-order valence-electron chi connectivity index (χ2n) is 8.95. The number of unbranched alkanes of at least 4 members (excludes halogenated alkanes) is 1. The first-order valence-electron chi connectivity index (χ1n) is 12.3. The van der Waals surface area contributed by atoms with Crippen molar-refractivity contribution in [2.24, 2.45) is 0 Å². The number of hydrogen-bond acceptors (Lipinski definition) is 4. The van der Waals surface area contributed by atoms with Crippen molar-refractivity contribution < 1.29 is 9.59 Å². The van der Waals surface area contributed by atoms with E-state index in [0.29, 0.717) is 27.8 Å². The lowest BCUT2D eigenvalue weighted by molar-refractivity contribution is -0.117. The average Bonchev–Trinajstić information content (AvgIpc) is 3.21. The van der Waals surface area contributed by atoms with E-state index >= 15 is 0 Å². The summed E-state index contributed by atoms with van der Waals surface area (Å²) in [4.78, 5) is 28.3. The zero-order chi connectivity index (χ0) is 26.4. The Bertz CT molecular complexity index is 1360. The minimum absolute atomic E-state index is 0.0956. The highest BCUT2D eigenvalue weighted by Gasteiger charge is 2.40. The van der Waals surface area contributed by atoms with Crippen molar-refractivity contribution in [1.82, 2.24) is 0 Å². The standard InChI is InChI=1S/C30H28ClN3O2S/c1-3-4-8-21-13-15-23(16-14-21)33-28(35)25(19-32)30-34(24-9-6-5-7-10-24)29(36)27(37-30)18-22-12-11-20(2)26(31)17-22/h5-7,9-17,27H,3-4,8,18H2,1-2H3,(H,33,35). The number of aryl methyl sites for hydroxylation is 2. The molecule has 0 aromatic heterocycles. The van der Waals surface area contributed by atoms with Crippen LogP contribution in [0.1, 0.15) is 36.5 Å². The first kappa shape index (κ1) is 26.5. The Morgan fingerprint density at radius 1 is 1.08 bits per heavy atom. The van der Waals surface area contributed by atoms with Gasteiger partial charge >= 0.3 is 0 Å². The number of carbonyl (C=O) groups excluding carboxylic acids is 2. The molecule has 3 aromatic carbocycles. The van der Waals surface area contributed by atoms with Gasteiger partial charge in [-0.1, -0.05) is 79.2 Å². The molecular formula is C30H28ClN3O2S. The van der Waals surface area contributed by atoms with Gasteiger partial charge in [0, 0.05) is 16.4 Å². The molecule has 37 heavy (non-hydrogen) atoms. The van der Waals surface area contributed by atoms with Crippen LogP contribution in [0.3, 0.4) is 0 Å². The zero-order valence-electron chi connectivity index (χ0n) is 20.8. The monoisotopic (exact) mass is 529 g/mol. The molecule has 1 fully saturated rings. The fourth-order valence-electron chi connectivity index (χ4n) is 4.11. The van der Waals surface area contributed by atoms with E-state index in [1.165, 1.54) is 22.2 Å². The highest BCUT2D eigenvalue weighted by atomic mass is 35.5. The van der Waals surface area contributed by atoms with Crippen LogP contribution >= 0.6 is 23.4 Å². The number of nitrogens with one attached hydrogen (secondary N) is 1. The van der Waals surface area contributed by atoms with E-state index in [4.69, 9.17) is 11.6 Å². The molecule has 1 atom stereocenters. The molecule has 2 amide bonds. The number of hydrogen-bond donors (Lipinski definition) is 1. The van der Waals surface area contributed by atoms with E-state index in [2.05, 4.69) is 18.3 Å². The van der Waals surface area contributed by atoms with Crippen LogP contribution in [-0.4, -0.2) is 17.1 Å². The molecular weight excluding hydrogens is 502 g/mol. The van der Waals surface area contributed by atoms with E-state index in [0.717, 1.165) is 30.4 Å². The lowest BCUT2D eigenvalue weighted by Crippen LogP contribution is -2.30. The van der Waals surface area contributed by atoms with Gasteiger partial charge in [-0.3, -0.25) is 14.5 Å².